The quantitative estimate of drug-likeness (QED) is 0.183. The summed E-state index contributed by atoms with van der Waals surface area (Å²) < 4.78 is 58.0. The van der Waals surface area contributed by atoms with Crippen molar-refractivity contribution in [2.45, 2.75) is 95.0 Å². The molecular weight excluding hydrogens is 758 g/mol. The highest BCUT2D eigenvalue weighted by molar-refractivity contribution is 6.34. The summed E-state index contributed by atoms with van der Waals surface area (Å²) in [5.41, 5.74) is 3.24. The third-order valence-electron chi connectivity index (χ3n) is 10.9. The number of aliphatic hydroxyl groups is 2. The Kier molecular flexibility index (Phi) is 12.6. The lowest BCUT2D eigenvalue weighted by Gasteiger charge is -2.42. The van der Waals surface area contributed by atoms with Crippen LogP contribution in [-0.4, -0.2) is 109 Å². The number of nitrogens with zero attached hydrogens (tertiary/aromatic N) is 2. The number of nitrogen functional groups attached to an aromatic ring is 1. The molecule has 5 N–H and O–H groups in total. The van der Waals surface area contributed by atoms with Crippen molar-refractivity contribution >= 4 is 40.9 Å². The molecule has 2 aromatic rings. The number of nitrogens with one attached hydrogen (secondary N) is 1. The van der Waals surface area contributed by atoms with E-state index in [4.69, 9.17) is 41.0 Å². The van der Waals surface area contributed by atoms with Crippen LogP contribution in [0.25, 0.3) is 0 Å². The molecule has 5 rings (SSSR count). The number of carbonyl (C=O) groups is 3. The number of methoxy groups -OCH3 is 2. The second kappa shape index (κ2) is 16.5. The minimum absolute atomic E-state index is 0.104. The smallest absolute Gasteiger partial charge is 0.409 e. The van der Waals surface area contributed by atoms with E-state index in [0.29, 0.717) is 30.0 Å². The molecule has 0 aliphatic carbocycles. The molecule has 0 saturated carbocycles. The molecule has 2 amide bonds. The minimum atomic E-state index is -1.88. The Morgan fingerprint density at radius 2 is 1.89 bits per heavy atom. The number of halogens is 3. The van der Waals surface area contributed by atoms with Gasteiger partial charge in [-0.1, -0.05) is 42.3 Å². The molecule has 1 unspecified atom stereocenters. The van der Waals surface area contributed by atoms with Crippen molar-refractivity contribution in [1.82, 2.24) is 10.2 Å². The molecule has 3 aliphatic rings. The van der Waals surface area contributed by atoms with E-state index in [1.807, 2.05) is 13.0 Å². The number of rotatable bonds is 6. The van der Waals surface area contributed by atoms with Gasteiger partial charge in [-0.05, 0) is 51.0 Å². The molecule has 14 nitrogen and oxygen atoms in total. The van der Waals surface area contributed by atoms with Crippen LogP contribution in [0, 0.1) is 17.6 Å². The van der Waals surface area contributed by atoms with Crippen LogP contribution in [0.3, 0.4) is 0 Å². The lowest BCUT2D eigenvalue weighted by molar-refractivity contribution is -0.158. The molecule has 306 valence electrons. The van der Waals surface area contributed by atoms with E-state index >= 15 is 0 Å². The fourth-order valence-electron chi connectivity index (χ4n) is 7.22. The Labute approximate surface area is 329 Å². The number of anilines is 2. The SMILES string of the molecule is COc1cc2cc(c1Cl)N(C)C(O)C[C@H](OC(=O)[C@H](C)N(C)C(=O)c1cc(F)c(N)cc1F)[C@]1(C)O[C@H]1[C@H](C)[C@@H]1C[C@@](O)(NC(=O)O1)[C@H](OC)/C=C/C=C(\C)C2. The summed E-state index contributed by atoms with van der Waals surface area (Å²) >= 11 is 6.77. The molecule has 4 bridgehead atoms. The van der Waals surface area contributed by atoms with Crippen molar-refractivity contribution in [3.63, 3.8) is 0 Å². The molecule has 0 spiro atoms. The third kappa shape index (κ3) is 8.59. The summed E-state index contributed by atoms with van der Waals surface area (Å²) in [5, 5.41) is 26.2. The number of aliphatic hydroxyl groups excluding tert-OH is 1. The molecule has 3 aliphatic heterocycles. The van der Waals surface area contributed by atoms with E-state index in [0.717, 1.165) is 16.0 Å². The van der Waals surface area contributed by atoms with Crippen LogP contribution in [0.1, 0.15) is 56.5 Å². The zero-order valence-electron chi connectivity index (χ0n) is 32.5. The van der Waals surface area contributed by atoms with Crippen molar-refractivity contribution in [1.29, 1.82) is 0 Å². The first-order valence-corrected chi connectivity index (χ1v) is 18.4. The largest absolute Gasteiger partial charge is 0.495 e. The standard InChI is InChI=1S/C39H49ClF2N4O10/c1-19-10-9-11-30(53-8)39(51)18-29(54-37(50)44-39)20(2)34-38(4,56-34)31(17-32(47)46(6)27-13-22(12-19)14-28(52-7)33(27)40)55-36(49)21(3)45(5)35(48)23-15-25(42)26(43)16-24(23)41/h9-11,13-16,20-21,29-32,34,47,51H,12,17-18,43H2,1-8H3,(H,44,50)/b11-9+,19-10+/t20-,21+,29+,30-,31+,32?,34+,38+,39+/m1/s1. The van der Waals surface area contributed by atoms with Gasteiger partial charge in [-0.2, -0.15) is 0 Å². The summed E-state index contributed by atoms with van der Waals surface area (Å²) in [6.07, 6.45) is -0.811. The van der Waals surface area contributed by atoms with E-state index in [1.54, 1.807) is 45.2 Å². The predicted octanol–water partition coefficient (Wildman–Crippen LogP) is 4.48. The van der Waals surface area contributed by atoms with Gasteiger partial charge in [-0.3, -0.25) is 10.1 Å². The number of esters is 1. The van der Waals surface area contributed by atoms with Crippen LogP contribution in [0.2, 0.25) is 5.02 Å². The molecular formula is C39H49ClF2N4O10. The zero-order valence-corrected chi connectivity index (χ0v) is 33.2. The van der Waals surface area contributed by atoms with Crippen LogP contribution < -0.4 is 20.7 Å². The maximum absolute atomic E-state index is 14.7. The Morgan fingerprint density at radius 3 is 2.55 bits per heavy atom. The molecule has 0 radical (unpaired) electrons. The second-order valence-corrected chi connectivity index (χ2v) is 15.2. The number of likely N-dealkylation sites (N-methyl/N-ethyl adjacent to an activating group) is 1. The highest BCUT2D eigenvalue weighted by atomic mass is 35.5. The van der Waals surface area contributed by atoms with E-state index in [-0.39, 0.29) is 17.9 Å². The van der Waals surface area contributed by atoms with E-state index in [2.05, 4.69) is 5.32 Å². The summed E-state index contributed by atoms with van der Waals surface area (Å²) in [6.45, 7) is 6.66. The van der Waals surface area contributed by atoms with Gasteiger partial charge in [0.15, 0.2) is 5.72 Å². The number of carbonyl (C=O) groups excluding carboxylic acids is 3. The fourth-order valence-corrected chi connectivity index (χ4v) is 7.54. The van der Waals surface area contributed by atoms with Crippen molar-refractivity contribution in [2.24, 2.45) is 5.92 Å². The van der Waals surface area contributed by atoms with Crippen molar-refractivity contribution in [3.05, 3.63) is 75.9 Å². The van der Waals surface area contributed by atoms with Gasteiger partial charge >= 0.3 is 12.1 Å². The summed E-state index contributed by atoms with van der Waals surface area (Å²) in [4.78, 5) is 42.4. The number of alkyl carbamates (subject to hydrolysis) is 1. The number of hydrogen-bond acceptors (Lipinski definition) is 12. The topological polar surface area (TPSA) is 186 Å². The maximum atomic E-state index is 14.7. The highest BCUT2D eigenvalue weighted by Crippen LogP contribution is 2.49. The molecule has 2 aromatic carbocycles. The normalized spacial score (nSPS) is 31.4. The van der Waals surface area contributed by atoms with E-state index in [1.165, 1.54) is 33.1 Å². The first-order chi connectivity index (χ1) is 26.2. The maximum Gasteiger partial charge on any atom is 0.409 e. The first kappa shape index (κ1) is 42.7. The Hall–Kier alpha value is -4.48. The number of benzene rings is 2. The average Bonchev–Trinajstić information content (AvgIpc) is 3.84. The Balaban J connectivity index is 1.52. The van der Waals surface area contributed by atoms with Gasteiger partial charge in [-0.15, -0.1) is 0 Å². The van der Waals surface area contributed by atoms with Gasteiger partial charge in [0.2, 0.25) is 0 Å². The molecule has 3 heterocycles. The lowest BCUT2D eigenvalue weighted by Crippen LogP contribution is -2.63. The van der Waals surface area contributed by atoms with Gasteiger partial charge in [0.05, 0.1) is 30.2 Å². The predicted molar refractivity (Wildman–Crippen MR) is 202 cm³/mol. The summed E-state index contributed by atoms with van der Waals surface area (Å²) in [5.74, 6) is -4.29. The van der Waals surface area contributed by atoms with Crippen LogP contribution >= 0.6 is 11.6 Å². The van der Waals surface area contributed by atoms with Crippen LogP contribution in [0.4, 0.5) is 25.0 Å². The molecule has 9 atom stereocenters. The number of amides is 2. The van der Waals surface area contributed by atoms with Crippen LogP contribution in [0.5, 0.6) is 5.75 Å². The summed E-state index contributed by atoms with van der Waals surface area (Å²) in [6, 6.07) is 3.56. The third-order valence-corrected chi connectivity index (χ3v) is 11.3. The minimum Gasteiger partial charge on any atom is -0.495 e. The number of allylic oxidation sites excluding steroid dienone is 3. The zero-order chi connectivity index (χ0) is 41.4. The van der Waals surface area contributed by atoms with E-state index in [9.17, 15) is 33.4 Å². The van der Waals surface area contributed by atoms with Gasteiger partial charge < -0.3 is 49.4 Å². The summed E-state index contributed by atoms with van der Waals surface area (Å²) in [7, 11) is 5.70. The van der Waals surface area contributed by atoms with Gasteiger partial charge in [0, 0.05) is 46.0 Å². The Bertz CT molecular complexity index is 1920. The molecule has 0 aromatic heterocycles. The van der Waals surface area contributed by atoms with Crippen LogP contribution in [0.15, 0.2) is 48.1 Å². The fraction of sp³-hybridized carbons (Fsp3) is 0.513. The Morgan fingerprint density at radius 1 is 1.20 bits per heavy atom. The first-order valence-electron chi connectivity index (χ1n) is 18.0. The number of epoxide rings is 1. The molecule has 17 heteroatoms. The van der Waals surface area contributed by atoms with Gasteiger partial charge in [0.1, 0.15) is 58.6 Å². The number of fused-ring (bicyclic) bond motifs is 5. The number of ether oxygens (including phenoxy) is 5. The van der Waals surface area contributed by atoms with Crippen LogP contribution in [-0.2, 0) is 30.2 Å². The van der Waals surface area contributed by atoms with Crippen molar-refractivity contribution in [3.8, 4) is 5.75 Å². The average molecular weight is 807 g/mol. The van der Waals surface area contributed by atoms with Crippen molar-refractivity contribution in [2.75, 3.05) is 38.9 Å². The van der Waals surface area contributed by atoms with Crippen molar-refractivity contribution < 1.29 is 57.1 Å². The van der Waals surface area contributed by atoms with Gasteiger partial charge in [-0.25, -0.2) is 18.4 Å². The monoisotopic (exact) mass is 806 g/mol. The molecule has 2 fully saturated rings. The lowest BCUT2D eigenvalue weighted by atomic mass is 9.83. The molecule has 56 heavy (non-hydrogen) atoms. The number of hydrogen-bond donors (Lipinski definition) is 4. The second-order valence-electron chi connectivity index (χ2n) is 14.8. The highest BCUT2D eigenvalue weighted by Gasteiger charge is 2.64. The molecule has 2 saturated heterocycles. The van der Waals surface area contributed by atoms with E-state index < -0.39 is 94.8 Å². The van der Waals surface area contributed by atoms with Gasteiger partial charge in [0.25, 0.3) is 5.91 Å². The number of nitrogens with two attached hydrogens (primary N) is 1.